The Bertz CT molecular complexity index is 646. The fraction of sp³-hybridized carbons (Fsp3) is 0.333. The van der Waals surface area contributed by atoms with Crippen molar-refractivity contribution in [2.75, 3.05) is 7.11 Å². The van der Waals surface area contributed by atoms with Gasteiger partial charge in [0.25, 0.3) is 0 Å². The van der Waals surface area contributed by atoms with Crippen LogP contribution in [-0.2, 0) is 0 Å². The molecule has 4 nitrogen and oxygen atoms in total. The SMILES string of the molecule is COc1cccc(-c2nc(C3CCC3)c(C(=O)O)s2)c1. The second kappa shape index (κ2) is 5.25. The van der Waals surface area contributed by atoms with Crippen LogP contribution in [0.15, 0.2) is 24.3 Å². The van der Waals surface area contributed by atoms with Crippen molar-refractivity contribution in [3.05, 3.63) is 34.8 Å². The van der Waals surface area contributed by atoms with Gasteiger partial charge in [0.05, 0.1) is 12.8 Å². The zero-order valence-corrected chi connectivity index (χ0v) is 11.9. The van der Waals surface area contributed by atoms with E-state index in [1.807, 2.05) is 24.3 Å². The van der Waals surface area contributed by atoms with Gasteiger partial charge in [-0.2, -0.15) is 0 Å². The smallest absolute Gasteiger partial charge is 0.347 e. The number of aromatic nitrogens is 1. The van der Waals surface area contributed by atoms with Crippen molar-refractivity contribution < 1.29 is 14.6 Å². The Morgan fingerprint density at radius 2 is 2.25 bits per heavy atom. The van der Waals surface area contributed by atoms with Crippen LogP contribution in [0.2, 0.25) is 0 Å². The second-order valence-corrected chi connectivity index (χ2v) is 5.90. The summed E-state index contributed by atoms with van der Waals surface area (Å²) in [5.41, 5.74) is 1.66. The molecule has 0 bridgehead atoms. The van der Waals surface area contributed by atoms with Crippen LogP contribution in [0.4, 0.5) is 0 Å². The van der Waals surface area contributed by atoms with E-state index in [4.69, 9.17) is 4.74 Å². The summed E-state index contributed by atoms with van der Waals surface area (Å²) in [6.07, 6.45) is 3.25. The highest BCUT2D eigenvalue weighted by molar-refractivity contribution is 7.17. The normalized spacial score (nSPS) is 14.8. The molecule has 0 amide bonds. The van der Waals surface area contributed by atoms with Crippen LogP contribution < -0.4 is 4.74 Å². The number of rotatable bonds is 4. The number of thiazole rings is 1. The van der Waals surface area contributed by atoms with Crippen molar-refractivity contribution in [1.82, 2.24) is 4.98 Å². The lowest BCUT2D eigenvalue weighted by molar-refractivity contribution is 0.0699. The average molecular weight is 289 g/mol. The van der Waals surface area contributed by atoms with Gasteiger partial charge in [-0.05, 0) is 25.0 Å². The van der Waals surface area contributed by atoms with Crippen LogP contribution in [0.5, 0.6) is 5.75 Å². The molecule has 0 aliphatic heterocycles. The molecule has 0 radical (unpaired) electrons. The van der Waals surface area contributed by atoms with E-state index in [-0.39, 0.29) is 0 Å². The number of nitrogens with zero attached hydrogens (tertiary/aromatic N) is 1. The van der Waals surface area contributed by atoms with Crippen molar-refractivity contribution in [2.45, 2.75) is 25.2 Å². The average Bonchev–Trinajstić information content (AvgIpc) is 2.82. The molecule has 1 N–H and O–H groups in total. The predicted octanol–water partition coefficient (Wildman–Crippen LogP) is 3.78. The van der Waals surface area contributed by atoms with Gasteiger partial charge in [-0.15, -0.1) is 11.3 Å². The monoisotopic (exact) mass is 289 g/mol. The molecule has 104 valence electrons. The van der Waals surface area contributed by atoms with Crippen molar-refractivity contribution in [1.29, 1.82) is 0 Å². The molecule has 1 fully saturated rings. The highest BCUT2D eigenvalue weighted by Gasteiger charge is 2.29. The number of benzene rings is 1. The Balaban J connectivity index is 2.03. The molecular weight excluding hydrogens is 274 g/mol. The Morgan fingerprint density at radius 1 is 1.45 bits per heavy atom. The third-order valence-electron chi connectivity index (χ3n) is 3.66. The molecule has 1 aromatic carbocycles. The van der Waals surface area contributed by atoms with Gasteiger partial charge in [0, 0.05) is 11.5 Å². The highest BCUT2D eigenvalue weighted by Crippen LogP contribution is 2.41. The van der Waals surface area contributed by atoms with Gasteiger partial charge in [0.15, 0.2) is 0 Å². The van der Waals surface area contributed by atoms with Crippen molar-refractivity contribution in [3.63, 3.8) is 0 Å². The van der Waals surface area contributed by atoms with Crippen LogP contribution in [-0.4, -0.2) is 23.2 Å². The standard InChI is InChI=1S/C15H15NO3S/c1-19-11-7-3-6-10(8-11)14-16-12(9-4-2-5-9)13(20-14)15(17)18/h3,6-9H,2,4-5H2,1H3,(H,17,18). The first-order valence-electron chi connectivity index (χ1n) is 6.57. The van der Waals surface area contributed by atoms with Gasteiger partial charge >= 0.3 is 5.97 Å². The maximum atomic E-state index is 11.4. The Hall–Kier alpha value is -1.88. The molecule has 1 saturated carbocycles. The minimum atomic E-state index is -0.876. The largest absolute Gasteiger partial charge is 0.497 e. The maximum absolute atomic E-state index is 11.4. The summed E-state index contributed by atoms with van der Waals surface area (Å²) in [5.74, 6) is 0.190. The highest BCUT2D eigenvalue weighted by atomic mass is 32.1. The minimum Gasteiger partial charge on any atom is -0.497 e. The first-order chi connectivity index (χ1) is 9.69. The van der Waals surface area contributed by atoms with Crippen molar-refractivity contribution >= 4 is 17.3 Å². The summed E-state index contributed by atoms with van der Waals surface area (Å²) in [7, 11) is 1.61. The predicted molar refractivity (Wildman–Crippen MR) is 77.7 cm³/mol. The molecule has 1 aliphatic rings. The minimum absolute atomic E-state index is 0.316. The van der Waals surface area contributed by atoms with E-state index in [2.05, 4.69) is 4.98 Å². The van der Waals surface area contributed by atoms with Crippen molar-refractivity contribution in [2.24, 2.45) is 0 Å². The molecule has 1 aliphatic carbocycles. The summed E-state index contributed by atoms with van der Waals surface area (Å²) in [4.78, 5) is 16.3. The molecule has 0 saturated heterocycles. The Labute approximate surface area is 121 Å². The van der Waals surface area contributed by atoms with Gasteiger partial charge < -0.3 is 9.84 Å². The van der Waals surface area contributed by atoms with E-state index in [1.54, 1.807) is 7.11 Å². The van der Waals surface area contributed by atoms with E-state index in [0.717, 1.165) is 41.3 Å². The van der Waals surface area contributed by atoms with E-state index in [1.165, 1.54) is 11.3 Å². The fourth-order valence-electron chi connectivity index (χ4n) is 2.32. The molecule has 5 heteroatoms. The first kappa shape index (κ1) is 13.1. The van der Waals surface area contributed by atoms with Gasteiger partial charge in [-0.3, -0.25) is 0 Å². The number of ether oxygens (including phenoxy) is 1. The summed E-state index contributed by atoms with van der Waals surface area (Å²) < 4.78 is 5.20. The number of carboxylic acids is 1. The summed E-state index contributed by atoms with van der Waals surface area (Å²) >= 11 is 1.25. The molecule has 1 heterocycles. The Morgan fingerprint density at radius 3 is 2.85 bits per heavy atom. The van der Waals surface area contributed by atoms with Gasteiger partial charge in [-0.1, -0.05) is 18.6 Å². The number of hydrogen-bond acceptors (Lipinski definition) is 4. The zero-order valence-electron chi connectivity index (χ0n) is 11.1. The Kier molecular flexibility index (Phi) is 3.44. The van der Waals surface area contributed by atoms with Gasteiger partial charge in [-0.25, -0.2) is 9.78 Å². The molecule has 3 rings (SSSR count). The van der Waals surface area contributed by atoms with Gasteiger partial charge in [0.2, 0.25) is 0 Å². The molecule has 2 aromatic rings. The van der Waals surface area contributed by atoms with E-state index in [0.29, 0.717) is 10.8 Å². The number of aromatic carboxylic acids is 1. The summed E-state index contributed by atoms with van der Waals surface area (Å²) in [6, 6.07) is 7.56. The molecule has 1 aromatic heterocycles. The molecule has 0 atom stereocenters. The van der Waals surface area contributed by atoms with Gasteiger partial charge in [0.1, 0.15) is 15.6 Å². The van der Waals surface area contributed by atoms with Crippen molar-refractivity contribution in [3.8, 4) is 16.3 Å². The number of hydrogen-bond donors (Lipinski definition) is 1. The number of carboxylic acid groups (broad SMARTS) is 1. The summed E-state index contributed by atoms with van der Waals surface area (Å²) in [5, 5.41) is 10.1. The third-order valence-corrected chi connectivity index (χ3v) is 4.76. The van der Waals surface area contributed by atoms with E-state index >= 15 is 0 Å². The lowest BCUT2D eigenvalue weighted by Gasteiger charge is -2.23. The summed E-state index contributed by atoms with van der Waals surface area (Å²) in [6.45, 7) is 0. The van der Waals surface area contributed by atoms with Crippen LogP contribution in [0, 0.1) is 0 Å². The first-order valence-corrected chi connectivity index (χ1v) is 7.39. The quantitative estimate of drug-likeness (QED) is 0.930. The second-order valence-electron chi connectivity index (χ2n) is 4.90. The number of methoxy groups -OCH3 is 1. The van der Waals surface area contributed by atoms with E-state index < -0.39 is 5.97 Å². The molecule has 20 heavy (non-hydrogen) atoms. The topological polar surface area (TPSA) is 59.4 Å². The van der Waals surface area contributed by atoms with Crippen LogP contribution in [0.25, 0.3) is 10.6 Å². The van der Waals surface area contributed by atoms with Crippen LogP contribution in [0.3, 0.4) is 0 Å². The molecule has 0 unspecified atom stereocenters. The number of carbonyl (C=O) groups is 1. The lowest BCUT2D eigenvalue weighted by atomic mass is 9.82. The molecule has 0 spiro atoms. The third kappa shape index (κ3) is 2.29. The maximum Gasteiger partial charge on any atom is 0.347 e. The lowest BCUT2D eigenvalue weighted by Crippen LogP contribution is -2.12. The molecular formula is C15H15NO3S. The zero-order chi connectivity index (χ0) is 14.1. The fourth-order valence-corrected chi connectivity index (χ4v) is 3.31. The van der Waals surface area contributed by atoms with Crippen LogP contribution in [0.1, 0.15) is 40.5 Å². The van der Waals surface area contributed by atoms with E-state index in [9.17, 15) is 9.90 Å². The van der Waals surface area contributed by atoms with Crippen LogP contribution >= 0.6 is 11.3 Å².